The van der Waals surface area contributed by atoms with E-state index in [9.17, 15) is 9.59 Å². The van der Waals surface area contributed by atoms with Crippen molar-refractivity contribution in [1.82, 2.24) is 19.7 Å². The molecule has 0 atom stereocenters. The van der Waals surface area contributed by atoms with Crippen LogP contribution >= 0.6 is 0 Å². The third kappa shape index (κ3) is 3.25. The van der Waals surface area contributed by atoms with E-state index in [0.717, 1.165) is 5.56 Å². The molecule has 0 saturated heterocycles. The van der Waals surface area contributed by atoms with E-state index in [1.807, 2.05) is 30.3 Å². The number of ether oxygens (including phenoxy) is 1. The molecule has 116 valence electrons. The van der Waals surface area contributed by atoms with Gasteiger partial charge in [0.25, 0.3) is 0 Å². The van der Waals surface area contributed by atoms with Gasteiger partial charge in [0.2, 0.25) is 5.91 Å². The smallest absolute Gasteiger partial charge is 0.343 e. The summed E-state index contributed by atoms with van der Waals surface area (Å²) in [6, 6.07) is 9.74. The highest BCUT2D eigenvalue weighted by Gasteiger charge is 2.20. The Balaban J connectivity index is 1.50. The van der Waals surface area contributed by atoms with Crippen LogP contribution in [0.2, 0.25) is 0 Å². The number of H-pyrrole nitrogens is 1. The predicted octanol–water partition coefficient (Wildman–Crippen LogP) is 0.173. The number of nitrogens with zero attached hydrogens (tertiary/aromatic N) is 3. The molecule has 3 rings (SSSR count). The van der Waals surface area contributed by atoms with Gasteiger partial charge in [0, 0.05) is 26.1 Å². The first-order chi connectivity index (χ1) is 10.7. The van der Waals surface area contributed by atoms with E-state index >= 15 is 0 Å². The maximum Gasteiger partial charge on any atom is 0.343 e. The maximum absolute atomic E-state index is 12.2. The van der Waals surface area contributed by atoms with Crippen molar-refractivity contribution in [2.24, 2.45) is 0 Å². The van der Waals surface area contributed by atoms with Gasteiger partial charge in [-0.05, 0) is 5.56 Å². The zero-order valence-electron chi connectivity index (χ0n) is 12.2. The number of carbonyl (C=O) groups is 1. The minimum Gasteiger partial charge on any atom is -0.367 e. The molecule has 0 unspecified atom stereocenters. The van der Waals surface area contributed by atoms with Crippen LogP contribution in [0.1, 0.15) is 11.4 Å². The molecule has 0 radical (unpaired) electrons. The minimum absolute atomic E-state index is 0.0492. The highest BCUT2D eigenvalue weighted by molar-refractivity contribution is 5.77. The number of nitrogens with one attached hydrogen (secondary N) is 1. The summed E-state index contributed by atoms with van der Waals surface area (Å²) in [5.74, 6) is 0.642. The van der Waals surface area contributed by atoms with Gasteiger partial charge in [0.15, 0.2) is 0 Å². The van der Waals surface area contributed by atoms with Crippen molar-refractivity contribution in [1.29, 1.82) is 0 Å². The maximum atomic E-state index is 12.2. The van der Waals surface area contributed by atoms with E-state index < -0.39 is 0 Å². The second-order valence-corrected chi connectivity index (χ2v) is 5.21. The Morgan fingerprint density at radius 3 is 2.86 bits per heavy atom. The van der Waals surface area contributed by atoms with Gasteiger partial charge in [-0.15, -0.1) is 0 Å². The summed E-state index contributed by atoms with van der Waals surface area (Å²) in [6.07, 6.45) is 0.573. The van der Waals surface area contributed by atoms with Crippen molar-refractivity contribution in [2.75, 3.05) is 19.7 Å². The molecular formula is C15H18N4O3. The molecule has 0 fully saturated rings. The van der Waals surface area contributed by atoms with Gasteiger partial charge in [0.1, 0.15) is 12.4 Å². The van der Waals surface area contributed by atoms with E-state index in [1.54, 1.807) is 9.47 Å². The Morgan fingerprint density at radius 2 is 2.05 bits per heavy atom. The number of fused-ring (bicyclic) bond motifs is 1. The molecule has 1 amide bonds. The molecule has 22 heavy (non-hydrogen) atoms. The van der Waals surface area contributed by atoms with Crippen LogP contribution in [0.3, 0.4) is 0 Å². The summed E-state index contributed by atoms with van der Waals surface area (Å²) < 4.78 is 7.06. The van der Waals surface area contributed by atoms with Crippen LogP contribution in [0.4, 0.5) is 0 Å². The molecule has 1 aliphatic heterocycles. The molecule has 2 aromatic rings. The monoisotopic (exact) mass is 302 g/mol. The summed E-state index contributed by atoms with van der Waals surface area (Å²) in [7, 11) is 0. The van der Waals surface area contributed by atoms with Crippen LogP contribution in [-0.2, 0) is 29.1 Å². The Labute approximate surface area is 127 Å². The second kappa shape index (κ2) is 6.57. The average Bonchev–Trinajstić information content (AvgIpc) is 2.76. The topological polar surface area (TPSA) is 80.2 Å². The van der Waals surface area contributed by atoms with Crippen LogP contribution in [0.15, 0.2) is 35.1 Å². The van der Waals surface area contributed by atoms with Crippen LogP contribution in [0.25, 0.3) is 0 Å². The lowest BCUT2D eigenvalue weighted by atomic mass is 10.2. The zero-order valence-corrected chi connectivity index (χ0v) is 12.2. The lowest BCUT2D eigenvalue weighted by molar-refractivity contribution is -0.136. The third-order valence-electron chi connectivity index (χ3n) is 3.73. The number of carbonyl (C=O) groups excluding carboxylic acids is 1. The van der Waals surface area contributed by atoms with E-state index in [2.05, 4.69) is 10.2 Å². The summed E-state index contributed by atoms with van der Waals surface area (Å²) in [5, 5.41) is 6.40. The van der Waals surface area contributed by atoms with Crippen molar-refractivity contribution < 1.29 is 9.53 Å². The van der Waals surface area contributed by atoms with Gasteiger partial charge in [-0.25, -0.2) is 9.89 Å². The largest absolute Gasteiger partial charge is 0.367 e. The molecule has 7 nitrogen and oxygen atoms in total. The molecule has 1 aromatic heterocycles. The van der Waals surface area contributed by atoms with Crippen LogP contribution in [0.5, 0.6) is 0 Å². The fraction of sp³-hybridized carbons (Fsp3) is 0.400. The van der Waals surface area contributed by atoms with Gasteiger partial charge in [-0.1, -0.05) is 30.3 Å². The molecule has 0 spiro atoms. The van der Waals surface area contributed by atoms with Gasteiger partial charge in [-0.2, -0.15) is 5.10 Å². The summed E-state index contributed by atoms with van der Waals surface area (Å²) >= 11 is 0. The molecule has 1 N–H and O–H groups in total. The summed E-state index contributed by atoms with van der Waals surface area (Å²) in [6.45, 7) is 1.99. The molecular weight excluding hydrogens is 284 g/mol. The SMILES string of the molecule is O=C(COCc1ccccc1)N1CCc2n[nH]c(=O)n2CC1. The van der Waals surface area contributed by atoms with Crippen molar-refractivity contribution in [3.05, 3.63) is 52.2 Å². The van der Waals surface area contributed by atoms with Crippen LogP contribution in [-0.4, -0.2) is 45.3 Å². The molecule has 0 saturated carbocycles. The van der Waals surface area contributed by atoms with E-state index in [1.165, 1.54) is 0 Å². The number of benzene rings is 1. The van der Waals surface area contributed by atoms with Crippen molar-refractivity contribution in [3.8, 4) is 0 Å². The molecule has 1 aromatic carbocycles. The van der Waals surface area contributed by atoms with Gasteiger partial charge in [0.05, 0.1) is 6.61 Å². The summed E-state index contributed by atoms with van der Waals surface area (Å²) in [4.78, 5) is 25.4. The molecule has 0 aliphatic carbocycles. The van der Waals surface area contributed by atoms with E-state index in [-0.39, 0.29) is 18.2 Å². The number of rotatable bonds is 4. The molecule has 7 heteroatoms. The van der Waals surface area contributed by atoms with Crippen molar-refractivity contribution in [3.63, 3.8) is 0 Å². The number of aromatic nitrogens is 3. The number of aromatic amines is 1. The second-order valence-electron chi connectivity index (χ2n) is 5.21. The lowest BCUT2D eigenvalue weighted by Crippen LogP contribution is -2.36. The van der Waals surface area contributed by atoms with Crippen LogP contribution < -0.4 is 5.69 Å². The van der Waals surface area contributed by atoms with Gasteiger partial charge >= 0.3 is 5.69 Å². The van der Waals surface area contributed by atoms with Crippen LogP contribution in [0, 0.1) is 0 Å². The predicted molar refractivity (Wildman–Crippen MR) is 79.2 cm³/mol. The number of amides is 1. The zero-order chi connectivity index (χ0) is 15.4. The highest BCUT2D eigenvalue weighted by Crippen LogP contribution is 2.05. The molecule has 1 aliphatic rings. The quantitative estimate of drug-likeness (QED) is 0.873. The fourth-order valence-corrected chi connectivity index (χ4v) is 2.51. The van der Waals surface area contributed by atoms with Crippen molar-refractivity contribution >= 4 is 5.91 Å². The normalized spacial score (nSPS) is 14.5. The Morgan fingerprint density at radius 1 is 1.23 bits per heavy atom. The lowest BCUT2D eigenvalue weighted by Gasteiger charge is -2.19. The Kier molecular flexibility index (Phi) is 4.34. The highest BCUT2D eigenvalue weighted by atomic mass is 16.5. The fourth-order valence-electron chi connectivity index (χ4n) is 2.51. The van der Waals surface area contributed by atoms with Crippen molar-refractivity contribution in [2.45, 2.75) is 19.6 Å². The summed E-state index contributed by atoms with van der Waals surface area (Å²) in [5.41, 5.74) is 0.822. The first-order valence-corrected chi connectivity index (χ1v) is 7.27. The Hall–Kier alpha value is -2.41. The minimum atomic E-state index is -0.218. The van der Waals surface area contributed by atoms with Gasteiger partial charge in [-0.3, -0.25) is 9.36 Å². The molecule has 2 heterocycles. The first-order valence-electron chi connectivity index (χ1n) is 7.27. The Bertz CT molecular complexity index is 692. The van der Waals surface area contributed by atoms with E-state index in [4.69, 9.17) is 4.74 Å². The number of hydrogen-bond donors (Lipinski definition) is 1. The average molecular weight is 302 g/mol. The third-order valence-corrected chi connectivity index (χ3v) is 3.73. The van der Waals surface area contributed by atoms with Gasteiger partial charge < -0.3 is 9.64 Å². The first kappa shape index (κ1) is 14.5. The number of hydrogen-bond acceptors (Lipinski definition) is 4. The standard InChI is InChI=1S/C15H18N4O3/c20-14(11-22-10-12-4-2-1-3-5-12)18-7-6-13-16-17-15(21)19(13)9-8-18/h1-5H,6-11H2,(H,17,21). The van der Waals surface area contributed by atoms with E-state index in [0.29, 0.717) is 38.5 Å². The molecule has 0 bridgehead atoms.